The molecule has 3 rings (SSSR count). The molecule has 0 spiro atoms. The van der Waals surface area contributed by atoms with E-state index in [-0.39, 0.29) is 17.0 Å². The Bertz CT molecular complexity index is 890. The van der Waals surface area contributed by atoms with Crippen molar-refractivity contribution in [3.63, 3.8) is 0 Å². The van der Waals surface area contributed by atoms with Gasteiger partial charge in [-0.05, 0) is 48.1 Å². The van der Waals surface area contributed by atoms with Crippen LogP contribution >= 0.6 is 11.3 Å². The van der Waals surface area contributed by atoms with Crippen LogP contribution in [0.2, 0.25) is 0 Å². The molecule has 0 saturated carbocycles. The van der Waals surface area contributed by atoms with E-state index in [4.69, 9.17) is 5.11 Å². The molecule has 1 aliphatic rings. The lowest BCUT2D eigenvalue weighted by molar-refractivity contribution is 0.0696. The molecular weight excluding hydrogens is 360 g/mol. The first-order chi connectivity index (χ1) is 11.9. The molecule has 0 bridgehead atoms. The average Bonchev–Trinajstić information content (AvgIpc) is 3.02. The van der Waals surface area contributed by atoms with Crippen LogP contribution in [0.3, 0.4) is 0 Å². The topological polar surface area (TPSA) is 86.7 Å². The minimum Gasteiger partial charge on any atom is -0.478 e. The van der Waals surface area contributed by atoms with Gasteiger partial charge in [0, 0.05) is 31.1 Å². The Hall–Kier alpha value is -1.74. The van der Waals surface area contributed by atoms with Gasteiger partial charge in [-0.1, -0.05) is 6.07 Å². The molecule has 2 aromatic rings. The van der Waals surface area contributed by atoms with Crippen molar-refractivity contribution in [3.05, 3.63) is 51.2 Å². The highest BCUT2D eigenvalue weighted by Gasteiger charge is 2.20. The monoisotopic (exact) mass is 380 g/mol. The number of benzene rings is 1. The maximum Gasteiger partial charge on any atom is 0.335 e. The Morgan fingerprint density at radius 1 is 1.36 bits per heavy atom. The number of hydrogen-bond donors (Lipinski definition) is 2. The van der Waals surface area contributed by atoms with Gasteiger partial charge in [0.15, 0.2) is 0 Å². The van der Waals surface area contributed by atoms with Crippen molar-refractivity contribution < 1.29 is 18.3 Å². The molecule has 134 valence electrons. The van der Waals surface area contributed by atoms with Crippen LogP contribution in [-0.2, 0) is 23.0 Å². The number of carboxylic acids is 1. The summed E-state index contributed by atoms with van der Waals surface area (Å²) in [6.07, 6.45) is 1.000. The predicted octanol–water partition coefficient (Wildman–Crippen LogP) is 2.09. The van der Waals surface area contributed by atoms with Crippen molar-refractivity contribution in [3.8, 4) is 0 Å². The maximum atomic E-state index is 12.4. The van der Waals surface area contributed by atoms with E-state index in [9.17, 15) is 13.2 Å². The Morgan fingerprint density at radius 3 is 2.92 bits per heavy atom. The third-order valence-corrected chi connectivity index (χ3v) is 6.84. The molecular formula is C17H20N2O4S2. The van der Waals surface area contributed by atoms with Crippen molar-refractivity contribution >= 4 is 27.3 Å². The van der Waals surface area contributed by atoms with Gasteiger partial charge in [0.2, 0.25) is 10.0 Å². The molecule has 2 N–H and O–H groups in total. The average molecular weight is 380 g/mol. The van der Waals surface area contributed by atoms with Gasteiger partial charge < -0.3 is 5.11 Å². The van der Waals surface area contributed by atoms with Gasteiger partial charge in [0.25, 0.3) is 0 Å². The molecule has 25 heavy (non-hydrogen) atoms. The summed E-state index contributed by atoms with van der Waals surface area (Å²) in [7, 11) is -3.72. The number of aromatic carboxylic acids is 1. The van der Waals surface area contributed by atoms with Crippen LogP contribution < -0.4 is 4.72 Å². The first kappa shape index (κ1) is 18.1. The van der Waals surface area contributed by atoms with Gasteiger partial charge in [0.1, 0.15) is 0 Å². The fourth-order valence-corrected chi connectivity index (χ4v) is 4.85. The van der Waals surface area contributed by atoms with Gasteiger partial charge in [-0.15, -0.1) is 11.3 Å². The van der Waals surface area contributed by atoms with Crippen molar-refractivity contribution in [2.24, 2.45) is 0 Å². The number of carboxylic acid groups (broad SMARTS) is 1. The minimum atomic E-state index is -3.72. The number of nitrogens with zero attached hydrogens (tertiary/aromatic N) is 1. The molecule has 1 aromatic carbocycles. The fourth-order valence-electron chi connectivity index (χ4n) is 2.92. The number of fused-ring (bicyclic) bond motifs is 1. The summed E-state index contributed by atoms with van der Waals surface area (Å²) in [5.74, 6) is -1.13. The molecule has 0 unspecified atom stereocenters. The summed E-state index contributed by atoms with van der Waals surface area (Å²) in [6, 6.07) is 6.28. The van der Waals surface area contributed by atoms with E-state index in [1.54, 1.807) is 18.3 Å². The highest BCUT2D eigenvalue weighted by atomic mass is 32.2. The number of carbonyl (C=O) groups is 1. The van der Waals surface area contributed by atoms with Crippen molar-refractivity contribution in [1.82, 2.24) is 9.62 Å². The number of nitrogens with one attached hydrogen (secondary N) is 1. The second kappa shape index (κ2) is 7.25. The largest absolute Gasteiger partial charge is 0.478 e. The quantitative estimate of drug-likeness (QED) is 0.801. The summed E-state index contributed by atoms with van der Waals surface area (Å²) in [5, 5.41) is 11.2. The van der Waals surface area contributed by atoms with Crippen LogP contribution in [0.5, 0.6) is 0 Å². The van der Waals surface area contributed by atoms with Crippen molar-refractivity contribution in [1.29, 1.82) is 0 Å². The zero-order chi connectivity index (χ0) is 18.0. The van der Waals surface area contributed by atoms with Crippen LogP contribution in [-0.4, -0.2) is 44.0 Å². The molecule has 0 atom stereocenters. The number of thiophene rings is 1. The lowest BCUT2D eigenvalue weighted by Gasteiger charge is -2.26. The Kier molecular flexibility index (Phi) is 5.24. The maximum absolute atomic E-state index is 12.4. The molecule has 1 aliphatic heterocycles. The third-order valence-electron chi connectivity index (χ3n) is 4.36. The Balaban J connectivity index is 1.61. The normalized spacial score (nSPS) is 15.1. The van der Waals surface area contributed by atoms with E-state index in [1.807, 2.05) is 0 Å². The van der Waals surface area contributed by atoms with E-state index in [0.717, 1.165) is 19.5 Å². The first-order valence-corrected chi connectivity index (χ1v) is 10.3. The highest BCUT2D eigenvalue weighted by molar-refractivity contribution is 7.89. The van der Waals surface area contributed by atoms with Crippen LogP contribution in [0.15, 0.2) is 34.5 Å². The summed E-state index contributed by atoms with van der Waals surface area (Å²) in [4.78, 5) is 14.8. The van der Waals surface area contributed by atoms with E-state index < -0.39 is 16.0 Å². The van der Waals surface area contributed by atoms with E-state index in [0.29, 0.717) is 12.1 Å². The first-order valence-electron chi connectivity index (χ1n) is 7.98. The lowest BCUT2D eigenvalue weighted by Crippen LogP contribution is -2.37. The highest BCUT2D eigenvalue weighted by Crippen LogP contribution is 2.23. The van der Waals surface area contributed by atoms with Crippen LogP contribution in [0.4, 0.5) is 0 Å². The summed E-state index contributed by atoms with van der Waals surface area (Å²) in [6.45, 7) is 4.31. The SMILES string of the molecule is Cc1ccc(S(=O)(=O)NCCN2CCc3sccc3C2)cc1C(=O)O. The van der Waals surface area contributed by atoms with E-state index >= 15 is 0 Å². The molecule has 0 saturated heterocycles. The molecule has 0 fully saturated rings. The zero-order valence-electron chi connectivity index (χ0n) is 13.9. The molecule has 0 radical (unpaired) electrons. The smallest absolute Gasteiger partial charge is 0.335 e. The van der Waals surface area contributed by atoms with Crippen molar-refractivity contribution in [2.75, 3.05) is 19.6 Å². The number of aryl methyl sites for hydroxylation is 1. The molecule has 8 heteroatoms. The van der Waals surface area contributed by atoms with E-state index in [2.05, 4.69) is 21.1 Å². The van der Waals surface area contributed by atoms with Gasteiger partial charge in [-0.25, -0.2) is 17.9 Å². The third kappa shape index (κ3) is 4.09. The number of hydrogen-bond acceptors (Lipinski definition) is 5. The predicted molar refractivity (Wildman–Crippen MR) is 96.6 cm³/mol. The van der Waals surface area contributed by atoms with Crippen LogP contribution in [0.25, 0.3) is 0 Å². The standard InChI is InChI=1S/C17H20N2O4S2/c1-12-2-3-14(10-15(12)17(20)21)25(22,23)18-6-8-19-7-4-16-13(11-19)5-9-24-16/h2-3,5,9-10,18H,4,6-8,11H2,1H3,(H,20,21). The van der Waals surface area contributed by atoms with Crippen LogP contribution in [0, 0.1) is 6.92 Å². The second-order valence-electron chi connectivity index (χ2n) is 6.07. The molecule has 0 amide bonds. The van der Waals surface area contributed by atoms with Crippen LogP contribution in [0.1, 0.15) is 26.4 Å². The number of sulfonamides is 1. The van der Waals surface area contributed by atoms with Crippen molar-refractivity contribution in [2.45, 2.75) is 24.8 Å². The summed E-state index contributed by atoms with van der Waals surface area (Å²) < 4.78 is 27.4. The number of rotatable bonds is 6. The summed E-state index contributed by atoms with van der Waals surface area (Å²) in [5.41, 5.74) is 1.86. The molecule has 0 aliphatic carbocycles. The van der Waals surface area contributed by atoms with Gasteiger partial charge in [0.05, 0.1) is 10.5 Å². The minimum absolute atomic E-state index is 0.00360. The second-order valence-corrected chi connectivity index (χ2v) is 8.84. The van der Waals surface area contributed by atoms with Gasteiger partial charge >= 0.3 is 5.97 Å². The Labute approximate surface area is 151 Å². The van der Waals surface area contributed by atoms with Gasteiger partial charge in [-0.3, -0.25) is 4.90 Å². The Morgan fingerprint density at radius 2 is 2.16 bits per heavy atom. The van der Waals surface area contributed by atoms with Gasteiger partial charge in [-0.2, -0.15) is 0 Å². The lowest BCUT2D eigenvalue weighted by atomic mass is 10.1. The zero-order valence-corrected chi connectivity index (χ0v) is 15.5. The van der Waals surface area contributed by atoms with E-state index in [1.165, 1.54) is 28.6 Å². The molecule has 1 aromatic heterocycles. The molecule has 6 nitrogen and oxygen atoms in total. The summed E-state index contributed by atoms with van der Waals surface area (Å²) >= 11 is 1.77. The molecule has 2 heterocycles. The fraction of sp³-hybridized carbons (Fsp3) is 0.353.